The molecule has 0 fully saturated rings. The van der Waals surface area contributed by atoms with E-state index in [1.165, 1.54) is 12.1 Å². The Balaban J connectivity index is 2.73. The average Bonchev–Trinajstić information content (AvgIpc) is 2.23. The number of hydrogen-bond acceptors (Lipinski definition) is 2. The van der Waals surface area contributed by atoms with E-state index >= 15 is 0 Å². The van der Waals surface area contributed by atoms with Crippen molar-refractivity contribution in [3.8, 4) is 0 Å². The van der Waals surface area contributed by atoms with Crippen molar-refractivity contribution in [1.82, 2.24) is 5.43 Å². The van der Waals surface area contributed by atoms with Gasteiger partial charge in [-0.2, -0.15) is 0 Å². The lowest BCUT2D eigenvalue weighted by molar-refractivity contribution is 0.491. The zero-order valence-electron chi connectivity index (χ0n) is 9.05. The lowest BCUT2D eigenvalue weighted by atomic mass is 10.0. The van der Waals surface area contributed by atoms with Gasteiger partial charge in [0.2, 0.25) is 0 Å². The van der Waals surface area contributed by atoms with Crippen LogP contribution in [0.15, 0.2) is 30.9 Å². The summed E-state index contributed by atoms with van der Waals surface area (Å²) in [4.78, 5) is 0. The van der Waals surface area contributed by atoms with Crippen molar-refractivity contribution in [2.24, 2.45) is 5.84 Å². The van der Waals surface area contributed by atoms with Gasteiger partial charge in [-0.05, 0) is 37.0 Å². The van der Waals surface area contributed by atoms with Gasteiger partial charge in [0.1, 0.15) is 11.6 Å². The van der Waals surface area contributed by atoms with E-state index in [0.717, 1.165) is 18.9 Å². The number of benzene rings is 1. The van der Waals surface area contributed by atoms with Crippen LogP contribution in [-0.2, 0) is 0 Å². The molecule has 1 rings (SSSR count). The Morgan fingerprint density at radius 1 is 1.31 bits per heavy atom. The molecule has 0 amide bonds. The van der Waals surface area contributed by atoms with E-state index in [1.54, 1.807) is 6.08 Å². The van der Waals surface area contributed by atoms with E-state index in [2.05, 4.69) is 12.0 Å². The van der Waals surface area contributed by atoms with Crippen LogP contribution >= 0.6 is 0 Å². The van der Waals surface area contributed by atoms with Crippen molar-refractivity contribution >= 4 is 0 Å². The van der Waals surface area contributed by atoms with Gasteiger partial charge in [-0.3, -0.25) is 11.3 Å². The largest absolute Gasteiger partial charge is 0.271 e. The van der Waals surface area contributed by atoms with Crippen LogP contribution < -0.4 is 11.3 Å². The molecule has 0 heterocycles. The highest BCUT2D eigenvalue weighted by atomic mass is 19.1. The highest BCUT2D eigenvalue weighted by Crippen LogP contribution is 2.20. The summed E-state index contributed by atoms with van der Waals surface area (Å²) in [6.07, 6.45) is 4.25. The first-order valence-corrected chi connectivity index (χ1v) is 5.20. The molecule has 3 N–H and O–H groups in total. The zero-order valence-corrected chi connectivity index (χ0v) is 9.05. The summed E-state index contributed by atoms with van der Waals surface area (Å²) >= 11 is 0. The van der Waals surface area contributed by atoms with Gasteiger partial charge >= 0.3 is 0 Å². The van der Waals surface area contributed by atoms with E-state index in [-0.39, 0.29) is 6.04 Å². The monoisotopic (exact) mass is 226 g/mol. The maximum absolute atomic E-state index is 13.0. The summed E-state index contributed by atoms with van der Waals surface area (Å²) in [6, 6.07) is 3.20. The summed E-state index contributed by atoms with van der Waals surface area (Å²) in [5.41, 5.74) is 3.10. The SMILES string of the molecule is C=CCCCC(NN)c1cc(F)cc(F)c1. The van der Waals surface area contributed by atoms with Gasteiger partial charge in [-0.15, -0.1) is 6.58 Å². The first kappa shape index (κ1) is 12.8. The van der Waals surface area contributed by atoms with Gasteiger partial charge in [0.05, 0.1) is 0 Å². The Morgan fingerprint density at radius 3 is 2.44 bits per heavy atom. The van der Waals surface area contributed by atoms with Crippen LogP contribution in [0, 0.1) is 11.6 Å². The maximum atomic E-state index is 13.0. The van der Waals surface area contributed by atoms with Crippen molar-refractivity contribution in [3.05, 3.63) is 48.1 Å². The molecule has 1 aromatic carbocycles. The highest BCUT2D eigenvalue weighted by molar-refractivity contribution is 5.21. The van der Waals surface area contributed by atoms with Crippen LogP contribution in [-0.4, -0.2) is 0 Å². The number of nitrogens with two attached hydrogens (primary N) is 1. The van der Waals surface area contributed by atoms with Crippen LogP contribution in [0.5, 0.6) is 0 Å². The predicted octanol–water partition coefficient (Wildman–Crippen LogP) is 2.83. The number of hydrogen-bond donors (Lipinski definition) is 2. The molecule has 88 valence electrons. The third-order valence-electron chi connectivity index (χ3n) is 2.39. The molecular formula is C12H16F2N2. The van der Waals surface area contributed by atoms with Crippen LogP contribution in [0.25, 0.3) is 0 Å². The number of halogens is 2. The van der Waals surface area contributed by atoms with E-state index in [0.29, 0.717) is 12.0 Å². The molecule has 0 saturated carbocycles. The Morgan fingerprint density at radius 2 is 1.94 bits per heavy atom. The minimum absolute atomic E-state index is 0.231. The summed E-state index contributed by atoms with van der Waals surface area (Å²) < 4.78 is 26.0. The molecule has 0 bridgehead atoms. The molecule has 2 nitrogen and oxygen atoms in total. The molecule has 4 heteroatoms. The molecule has 0 aromatic heterocycles. The molecule has 1 unspecified atom stereocenters. The third kappa shape index (κ3) is 3.72. The normalized spacial score (nSPS) is 12.4. The van der Waals surface area contributed by atoms with Crippen molar-refractivity contribution in [3.63, 3.8) is 0 Å². The van der Waals surface area contributed by atoms with Crippen molar-refractivity contribution in [2.75, 3.05) is 0 Å². The summed E-state index contributed by atoms with van der Waals surface area (Å²) in [7, 11) is 0. The predicted molar refractivity (Wildman–Crippen MR) is 60.5 cm³/mol. The first-order valence-electron chi connectivity index (χ1n) is 5.20. The van der Waals surface area contributed by atoms with Crippen molar-refractivity contribution < 1.29 is 8.78 Å². The van der Waals surface area contributed by atoms with Gasteiger partial charge < -0.3 is 0 Å². The van der Waals surface area contributed by atoms with Gasteiger partial charge in [-0.25, -0.2) is 8.78 Å². The van der Waals surface area contributed by atoms with E-state index in [1.807, 2.05) is 0 Å². The highest BCUT2D eigenvalue weighted by Gasteiger charge is 2.11. The quantitative estimate of drug-likeness (QED) is 0.339. The Labute approximate surface area is 94.1 Å². The molecule has 0 aliphatic rings. The standard InChI is InChI=1S/C12H16F2N2/c1-2-3-4-5-12(16-15)9-6-10(13)8-11(14)7-9/h2,6-8,12,16H,1,3-5,15H2. The van der Waals surface area contributed by atoms with Gasteiger partial charge in [0, 0.05) is 12.1 Å². The fraction of sp³-hybridized carbons (Fsp3) is 0.333. The second-order valence-corrected chi connectivity index (χ2v) is 3.64. The lowest BCUT2D eigenvalue weighted by Crippen LogP contribution is -2.28. The molecule has 0 radical (unpaired) electrons. The fourth-order valence-electron chi connectivity index (χ4n) is 1.59. The minimum Gasteiger partial charge on any atom is -0.271 e. The van der Waals surface area contributed by atoms with Crippen LogP contribution in [0.4, 0.5) is 8.78 Å². The van der Waals surface area contributed by atoms with E-state index in [4.69, 9.17) is 5.84 Å². The van der Waals surface area contributed by atoms with Gasteiger partial charge in [0.25, 0.3) is 0 Å². The Bertz CT molecular complexity index is 333. The minimum atomic E-state index is -0.584. The van der Waals surface area contributed by atoms with Crippen LogP contribution in [0.1, 0.15) is 30.9 Å². The number of allylic oxidation sites excluding steroid dienone is 1. The zero-order chi connectivity index (χ0) is 12.0. The number of hydrazine groups is 1. The molecule has 1 atom stereocenters. The molecular weight excluding hydrogens is 210 g/mol. The third-order valence-corrected chi connectivity index (χ3v) is 2.39. The number of nitrogens with one attached hydrogen (secondary N) is 1. The fourth-order valence-corrected chi connectivity index (χ4v) is 1.59. The second kappa shape index (κ2) is 6.35. The molecule has 16 heavy (non-hydrogen) atoms. The van der Waals surface area contributed by atoms with E-state index in [9.17, 15) is 8.78 Å². The molecule has 1 aromatic rings. The number of unbranched alkanes of at least 4 members (excludes halogenated alkanes) is 1. The van der Waals surface area contributed by atoms with Crippen LogP contribution in [0.3, 0.4) is 0 Å². The molecule has 0 aliphatic heterocycles. The summed E-state index contributed by atoms with van der Waals surface area (Å²) in [5, 5.41) is 0. The average molecular weight is 226 g/mol. The van der Waals surface area contributed by atoms with Gasteiger partial charge in [0.15, 0.2) is 0 Å². The number of rotatable bonds is 6. The molecule has 0 saturated heterocycles. The van der Waals surface area contributed by atoms with Crippen LogP contribution in [0.2, 0.25) is 0 Å². The molecule has 0 spiro atoms. The Hall–Kier alpha value is -1.26. The van der Waals surface area contributed by atoms with Crippen molar-refractivity contribution in [2.45, 2.75) is 25.3 Å². The smallest absolute Gasteiger partial charge is 0.126 e. The first-order chi connectivity index (χ1) is 7.67. The van der Waals surface area contributed by atoms with Crippen molar-refractivity contribution in [1.29, 1.82) is 0 Å². The summed E-state index contributed by atoms with van der Waals surface area (Å²) in [5.74, 6) is 4.20. The van der Waals surface area contributed by atoms with E-state index < -0.39 is 11.6 Å². The van der Waals surface area contributed by atoms with Gasteiger partial charge in [-0.1, -0.05) is 6.08 Å². The molecule has 0 aliphatic carbocycles. The Kier molecular flexibility index (Phi) is 5.08. The maximum Gasteiger partial charge on any atom is 0.126 e. The lowest BCUT2D eigenvalue weighted by Gasteiger charge is -2.16. The second-order valence-electron chi connectivity index (χ2n) is 3.64. The summed E-state index contributed by atoms with van der Waals surface area (Å²) in [6.45, 7) is 3.61. The topological polar surface area (TPSA) is 38.0 Å².